The fourth-order valence-corrected chi connectivity index (χ4v) is 4.56. The quantitative estimate of drug-likeness (QED) is 0.102. The Morgan fingerprint density at radius 2 is 1.48 bits per heavy atom. The number of esters is 2. The molecule has 12 unspecified atom stereocenters. The van der Waals surface area contributed by atoms with Crippen LogP contribution in [-0.4, -0.2) is 143 Å². The van der Waals surface area contributed by atoms with E-state index in [9.17, 15) is 45.3 Å². The molecule has 2 fully saturated rings. The van der Waals surface area contributed by atoms with E-state index < -0.39 is 98.8 Å². The van der Waals surface area contributed by atoms with Crippen LogP contribution in [0, 0.1) is 5.92 Å². The number of allylic oxidation sites excluding steroid dienone is 1. The molecule has 3 heterocycles. The van der Waals surface area contributed by atoms with E-state index in [2.05, 4.69) is 0 Å². The summed E-state index contributed by atoms with van der Waals surface area (Å²) in [5.41, 5.74) is 0.283. The van der Waals surface area contributed by atoms with Crippen LogP contribution < -0.4 is 0 Å². The van der Waals surface area contributed by atoms with Crippen molar-refractivity contribution in [1.29, 1.82) is 0 Å². The monoisotopic (exact) mass is 580 g/mol. The predicted molar refractivity (Wildman–Crippen MR) is 126 cm³/mol. The van der Waals surface area contributed by atoms with Gasteiger partial charge >= 0.3 is 11.9 Å². The molecule has 3 aliphatic rings. The Balaban J connectivity index is 1.74. The van der Waals surface area contributed by atoms with E-state index in [4.69, 9.17) is 33.2 Å². The molecule has 12 atom stereocenters. The van der Waals surface area contributed by atoms with Gasteiger partial charge in [0, 0.05) is 11.5 Å². The second-order valence-electron chi connectivity index (χ2n) is 9.34. The highest BCUT2D eigenvalue weighted by molar-refractivity contribution is 5.90. The number of hydrogen-bond acceptors (Lipinski definition) is 16. The second kappa shape index (κ2) is 14.1. The number of carbonyl (C=O) groups is 2. The van der Waals surface area contributed by atoms with Gasteiger partial charge in [0.1, 0.15) is 48.8 Å². The maximum atomic E-state index is 12.3. The van der Waals surface area contributed by atoms with Crippen molar-refractivity contribution >= 4 is 11.9 Å². The highest BCUT2D eigenvalue weighted by Crippen LogP contribution is 2.36. The molecule has 16 nitrogen and oxygen atoms in total. The summed E-state index contributed by atoms with van der Waals surface area (Å²) in [5, 5.41) is 70.8. The van der Waals surface area contributed by atoms with Crippen molar-refractivity contribution in [3.63, 3.8) is 0 Å². The van der Waals surface area contributed by atoms with Gasteiger partial charge in [-0.3, -0.25) is 4.79 Å². The Morgan fingerprint density at radius 3 is 2.05 bits per heavy atom. The van der Waals surface area contributed by atoms with Crippen LogP contribution in [-0.2, 0) is 42.7 Å². The first-order valence-corrected chi connectivity index (χ1v) is 12.4. The lowest BCUT2D eigenvalue weighted by Gasteiger charge is -2.43. The summed E-state index contributed by atoms with van der Waals surface area (Å²) in [4.78, 5) is 24.3. The summed E-state index contributed by atoms with van der Waals surface area (Å²) >= 11 is 0. The van der Waals surface area contributed by atoms with Gasteiger partial charge in [0.15, 0.2) is 12.6 Å². The summed E-state index contributed by atoms with van der Waals surface area (Å²) in [6.07, 6.45) is -15.2. The van der Waals surface area contributed by atoms with Gasteiger partial charge in [0.2, 0.25) is 6.29 Å². The van der Waals surface area contributed by atoms with Crippen LogP contribution in [0.15, 0.2) is 23.5 Å². The van der Waals surface area contributed by atoms with Crippen LogP contribution in [0.3, 0.4) is 0 Å². The molecule has 0 aromatic heterocycles. The van der Waals surface area contributed by atoms with Crippen molar-refractivity contribution in [3.8, 4) is 0 Å². The molecule has 16 heteroatoms. The number of ether oxygens (including phenoxy) is 7. The maximum absolute atomic E-state index is 12.3. The molecular weight excluding hydrogens is 544 g/mol. The molecule has 7 N–H and O–H groups in total. The van der Waals surface area contributed by atoms with Crippen LogP contribution >= 0.6 is 0 Å². The van der Waals surface area contributed by atoms with Crippen molar-refractivity contribution in [3.05, 3.63) is 23.5 Å². The van der Waals surface area contributed by atoms with Crippen LogP contribution in [0.2, 0.25) is 0 Å². The minimum atomic E-state index is -1.80. The van der Waals surface area contributed by atoms with E-state index in [1.54, 1.807) is 6.92 Å². The van der Waals surface area contributed by atoms with E-state index in [0.717, 1.165) is 13.4 Å². The molecule has 3 rings (SSSR count). The van der Waals surface area contributed by atoms with Crippen molar-refractivity contribution < 1.29 is 78.5 Å². The number of carbonyl (C=O) groups excluding carboxylic acids is 2. The molecule has 0 aromatic rings. The second-order valence-corrected chi connectivity index (χ2v) is 9.34. The Hall–Kier alpha value is -2.22. The number of hydrogen-bond donors (Lipinski definition) is 7. The van der Waals surface area contributed by atoms with Gasteiger partial charge in [-0.05, 0) is 6.92 Å². The zero-order chi connectivity index (χ0) is 29.7. The molecule has 40 heavy (non-hydrogen) atoms. The SMILES string of the molecule is CC=C1C(OC2OC(COC3OC(CO)C(O)C(O)C3O)C(O)C(O)C2O)OC=C(C(=O)OC)C1CC(=O)OC. The van der Waals surface area contributed by atoms with Crippen molar-refractivity contribution in [2.45, 2.75) is 81.0 Å². The highest BCUT2D eigenvalue weighted by atomic mass is 16.8. The molecule has 3 aliphatic heterocycles. The van der Waals surface area contributed by atoms with E-state index in [0.29, 0.717) is 0 Å². The van der Waals surface area contributed by atoms with Crippen LogP contribution in [0.4, 0.5) is 0 Å². The molecule has 2 saturated heterocycles. The zero-order valence-electron chi connectivity index (χ0n) is 22.0. The Bertz CT molecular complexity index is 936. The van der Waals surface area contributed by atoms with Gasteiger partial charge in [0.05, 0.1) is 45.7 Å². The van der Waals surface area contributed by atoms with E-state index in [1.807, 2.05) is 0 Å². The normalized spacial score (nSPS) is 41.1. The van der Waals surface area contributed by atoms with E-state index in [1.165, 1.54) is 13.2 Å². The fourth-order valence-electron chi connectivity index (χ4n) is 4.56. The van der Waals surface area contributed by atoms with Gasteiger partial charge < -0.3 is 68.9 Å². The molecule has 0 amide bonds. The standard InChI is InChI=1S/C24H36O16/c1-4-9-10(5-14(26)34-2)11(21(33)35-3)7-36-22(9)40-24-20(32)18(30)16(28)13(39-24)8-37-23-19(31)17(29)15(27)12(6-25)38-23/h4,7,10,12-13,15-20,22-25,27-32H,5-6,8H2,1-3H3. The molecule has 0 saturated carbocycles. The summed E-state index contributed by atoms with van der Waals surface area (Å²) in [6.45, 7) is 0.340. The maximum Gasteiger partial charge on any atom is 0.337 e. The van der Waals surface area contributed by atoms with Crippen LogP contribution in [0.25, 0.3) is 0 Å². The van der Waals surface area contributed by atoms with Crippen molar-refractivity contribution in [2.75, 3.05) is 27.4 Å². The highest BCUT2D eigenvalue weighted by Gasteiger charge is 2.49. The Labute approximate surface area is 228 Å². The molecule has 0 aromatic carbocycles. The predicted octanol–water partition coefficient (Wildman–Crippen LogP) is -3.83. The minimum absolute atomic E-state index is 0.00669. The minimum Gasteiger partial charge on any atom is -0.469 e. The molecule has 0 spiro atoms. The number of aliphatic hydroxyl groups excluding tert-OH is 7. The average molecular weight is 581 g/mol. The first-order valence-electron chi connectivity index (χ1n) is 12.4. The van der Waals surface area contributed by atoms with Gasteiger partial charge in [-0.15, -0.1) is 0 Å². The van der Waals surface area contributed by atoms with E-state index in [-0.39, 0.29) is 17.6 Å². The largest absolute Gasteiger partial charge is 0.469 e. The summed E-state index contributed by atoms with van der Waals surface area (Å²) in [5.74, 6) is -2.28. The van der Waals surface area contributed by atoms with Crippen LogP contribution in [0.1, 0.15) is 13.3 Å². The van der Waals surface area contributed by atoms with E-state index >= 15 is 0 Å². The lowest BCUT2D eigenvalue weighted by Crippen LogP contribution is -2.62. The third-order valence-electron chi connectivity index (χ3n) is 6.92. The van der Waals surface area contributed by atoms with Crippen molar-refractivity contribution in [2.24, 2.45) is 5.92 Å². The third-order valence-corrected chi connectivity index (χ3v) is 6.92. The lowest BCUT2D eigenvalue weighted by molar-refractivity contribution is -0.344. The number of aliphatic hydroxyl groups is 7. The Kier molecular flexibility index (Phi) is 11.4. The summed E-state index contributed by atoms with van der Waals surface area (Å²) in [7, 11) is 2.33. The van der Waals surface area contributed by atoms with Crippen molar-refractivity contribution in [1.82, 2.24) is 0 Å². The summed E-state index contributed by atoms with van der Waals surface area (Å²) in [6, 6.07) is 0. The third kappa shape index (κ3) is 6.80. The molecular formula is C24H36O16. The van der Waals surface area contributed by atoms with Gasteiger partial charge in [-0.25, -0.2) is 4.79 Å². The first-order chi connectivity index (χ1) is 19.0. The first kappa shape index (κ1) is 32.3. The lowest BCUT2D eigenvalue weighted by atomic mass is 9.86. The zero-order valence-corrected chi connectivity index (χ0v) is 22.0. The molecule has 228 valence electrons. The molecule has 0 radical (unpaired) electrons. The Morgan fingerprint density at radius 1 is 0.875 bits per heavy atom. The topological polar surface area (TPSA) is 240 Å². The number of methoxy groups -OCH3 is 2. The number of rotatable bonds is 9. The van der Waals surface area contributed by atoms with Crippen LogP contribution in [0.5, 0.6) is 0 Å². The van der Waals surface area contributed by atoms with Gasteiger partial charge in [0.25, 0.3) is 0 Å². The molecule has 0 aliphatic carbocycles. The molecule has 0 bridgehead atoms. The smallest absolute Gasteiger partial charge is 0.337 e. The fraction of sp³-hybridized carbons (Fsp3) is 0.750. The summed E-state index contributed by atoms with van der Waals surface area (Å²) < 4.78 is 37.0. The van der Waals surface area contributed by atoms with Gasteiger partial charge in [-0.2, -0.15) is 0 Å². The van der Waals surface area contributed by atoms with Gasteiger partial charge in [-0.1, -0.05) is 6.08 Å². The average Bonchev–Trinajstić information content (AvgIpc) is 2.96.